The summed E-state index contributed by atoms with van der Waals surface area (Å²) in [5, 5.41) is 9.11. The van der Waals surface area contributed by atoms with Gasteiger partial charge in [-0.05, 0) is 6.92 Å². The van der Waals surface area contributed by atoms with Crippen molar-refractivity contribution in [3.63, 3.8) is 0 Å². The third-order valence-electron chi connectivity index (χ3n) is 1.78. The predicted molar refractivity (Wildman–Crippen MR) is 37.0 cm³/mol. The highest BCUT2D eigenvalue weighted by Gasteiger charge is 2.37. The fraction of sp³-hybridized carbons (Fsp3) is 0.857. The number of rotatable bonds is 2. The summed E-state index contributed by atoms with van der Waals surface area (Å²) < 4.78 is 9.76. The highest BCUT2D eigenvalue weighted by atomic mass is 16.6. The van der Waals surface area contributed by atoms with Crippen LogP contribution in [-0.4, -0.2) is 36.5 Å². The first kappa shape index (κ1) is 8.49. The molecule has 0 bridgehead atoms. The van der Waals surface area contributed by atoms with Gasteiger partial charge in [-0.1, -0.05) is 0 Å². The molecular formula is C7H12O4. The van der Waals surface area contributed by atoms with Crippen molar-refractivity contribution in [2.75, 3.05) is 7.11 Å². The largest absolute Gasteiger partial charge is 0.457 e. The van der Waals surface area contributed by atoms with E-state index >= 15 is 0 Å². The molecule has 4 heteroatoms. The normalized spacial score (nSPS) is 33.5. The van der Waals surface area contributed by atoms with Crippen LogP contribution in [-0.2, 0) is 14.3 Å². The Morgan fingerprint density at radius 2 is 2.45 bits per heavy atom. The van der Waals surface area contributed by atoms with Crippen LogP contribution in [0.4, 0.5) is 0 Å². The number of methoxy groups -OCH3 is 1. The Bertz CT molecular complexity index is 155. The topological polar surface area (TPSA) is 55.8 Å². The van der Waals surface area contributed by atoms with Gasteiger partial charge < -0.3 is 14.6 Å². The Hall–Kier alpha value is -0.610. The van der Waals surface area contributed by atoms with E-state index < -0.39 is 12.2 Å². The van der Waals surface area contributed by atoms with Crippen LogP contribution in [0.25, 0.3) is 0 Å². The van der Waals surface area contributed by atoms with Crippen LogP contribution in [0.15, 0.2) is 0 Å². The van der Waals surface area contributed by atoms with Crippen molar-refractivity contribution in [2.45, 2.75) is 31.7 Å². The molecule has 0 spiro atoms. The first-order valence-electron chi connectivity index (χ1n) is 3.55. The predicted octanol–water partition coefficient (Wildman–Crippen LogP) is -0.302. The molecule has 0 saturated carbocycles. The molecule has 64 valence electrons. The highest BCUT2D eigenvalue weighted by Crippen LogP contribution is 2.20. The van der Waals surface area contributed by atoms with Gasteiger partial charge in [0.2, 0.25) is 0 Å². The van der Waals surface area contributed by atoms with Crippen LogP contribution in [0.3, 0.4) is 0 Å². The van der Waals surface area contributed by atoms with E-state index in [1.807, 2.05) is 0 Å². The van der Waals surface area contributed by atoms with E-state index in [1.165, 1.54) is 7.11 Å². The molecule has 1 rings (SSSR count). The van der Waals surface area contributed by atoms with Crippen LogP contribution in [0, 0.1) is 0 Å². The molecular weight excluding hydrogens is 148 g/mol. The molecule has 0 aliphatic carbocycles. The molecule has 1 heterocycles. The molecule has 0 amide bonds. The minimum Gasteiger partial charge on any atom is -0.457 e. The van der Waals surface area contributed by atoms with Gasteiger partial charge in [-0.3, -0.25) is 4.79 Å². The Labute approximate surface area is 65.1 Å². The quantitative estimate of drug-likeness (QED) is 0.563. The van der Waals surface area contributed by atoms with Gasteiger partial charge in [0.25, 0.3) is 0 Å². The summed E-state index contributed by atoms with van der Waals surface area (Å²) in [4.78, 5) is 10.7. The first-order valence-corrected chi connectivity index (χ1v) is 3.55. The summed E-state index contributed by atoms with van der Waals surface area (Å²) in [5.74, 6) is -0.303. The minimum absolute atomic E-state index is 0.242. The van der Waals surface area contributed by atoms with E-state index in [4.69, 9.17) is 14.6 Å². The lowest BCUT2D eigenvalue weighted by Crippen LogP contribution is -2.33. The number of carbonyl (C=O) groups is 1. The van der Waals surface area contributed by atoms with Crippen LogP contribution in [0.2, 0.25) is 0 Å². The number of esters is 1. The van der Waals surface area contributed by atoms with Gasteiger partial charge in [0.1, 0.15) is 6.10 Å². The van der Waals surface area contributed by atoms with Crippen LogP contribution >= 0.6 is 0 Å². The van der Waals surface area contributed by atoms with Gasteiger partial charge in [-0.2, -0.15) is 0 Å². The lowest BCUT2D eigenvalue weighted by Gasteiger charge is -2.18. The molecule has 0 aromatic rings. The number of ether oxygens (including phenoxy) is 2. The number of cyclic esters (lactones) is 1. The Kier molecular flexibility index (Phi) is 2.46. The Balaban J connectivity index is 2.57. The molecule has 4 nitrogen and oxygen atoms in total. The maximum Gasteiger partial charge on any atom is 0.309 e. The number of carbonyl (C=O) groups excluding carboxylic acids is 1. The summed E-state index contributed by atoms with van der Waals surface area (Å²) in [5.41, 5.74) is 0. The second-order valence-electron chi connectivity index (χ2n) is 2.67. The van der Waals surface area contributed by atoms with Crippen molar-refractivity contribution in [2.24, 2.45) is 0 Å². The van der Waals surface area contributed by atoms with Crippen molar-refractivity contribution in [3.8, 4) is 0 Å². The van der Waals surface area contributed by atoms with Gasteiger partial charge in [0.05, 0.1) is 12.5 Å². The average molecular weight is 160 g/mol. The van der Waals surface area contributed by atoms with Crippen molar-refractivity contribution < 1.29 is 19.4 Å². The molecule has 1 saturated heterocycles. The second-order valence-corrected chi connectivity index (χ2v) is 2.67. The number of aliphatic hydroxyl groups excluding tert-OH is 1. The fourth-order valence-corrected chi connectivity index (χ4v) is 1.18. The second kappa shape index (κ2) is 3.19. The molecule has 3 unspecified atom stereocenters. The fourth-order valence-electron chi connectivity index (χ4n) is 1.18. The Morgan fingerprint density at radius 3 is 2.82 bits per heavy atom. The minimum atomic E-state index is -0.661. The summed E-state index contributed by atoms with van der Waals surface area (Å²) in [6.45, 7) is 1.58. The maximum absolute atomic E-state index is 10.7. The average Bonchev–Trinajstić information content (AvgIpc) is 2.30. The molecule has 1 fully saturated rings. The third-order valence-corrected chi connectivity index (χ3v) is 1.78. The van der Waals surface area contributed by atoms with E-state index in [0.717, 1.165) is 0 Å². The lowest BCUT2D eigenvalue weighted by atomic mass is 10.1. The van der Waals surface area contributed by atoms with Crippen molar-refractivity contribution in [3.05, 3.63) is 0 Å². The van der Waals surface area contributed by atoms with Crippen molar-refractivity contribution in [1.82, 2.24) is 0 Å². The molecule has 0 aromatic heterocycles. The van der Waals surface area contributed by atoms with E-state index in [2.05, 4.69) is 0 Å². The molecule has 1 N–H and O–H groups in total. The zero-order valence-electron chi connectivity index (χ0n) is 6.61. The smallest absolute Gasteiger partial charge is 0.309 e. The van der Waals surface area contributed by atoms with Gasteiger partial charge in [-0.15, -0.1) is 0 Å². The molecule has 1 aliphatic rings. The molecule has 11 heavy (non-hydrogen) atoms. The standard InChI is InChI=1S/C7H12O4/c1-4(8)7-5(10-2)3-6(9)11-7/h4-5,7-8H,3H2,1-2H3. The zero-order chi connectivity index (χ0) is 8.43. The molecule has 0 aromatic carbocycles. The maximum atomic E-state index is 10.7. The zero-order valence-corrected chi connectivity index (χ0v) is 6.61. The van der Waals surface area contributed by atoms with Crippen LogP contribution in [0.1, 0.15) is 13.3 Å². The van der Waals surface area contributed by atoms with E-state index in [-0.39, 0.29) is 18.5 Å². The molecule has 3 atom stereocenters. The third kappa shape index (κ3) is 1.70. The van der Waals surface area contributed by atoms with Crippen LogP contribution < -0.4 is 0 Å². The Morgan fingerprint density at radius 1 is 1.82 bits per heavy atom. The SMILES string of the molecule is COC1CC(=O)OC1C(C)O. The van der Waals surface area contributed by atoms with Gasteiger partial charge in [-0.25, -0.2) is 0 Å². The summed E-state index contributed by atoms with van der Waals surface area (Å²) in [6, 6.07) is 0. The van der Waals surface area contributed by atoms with Crippen molar-refractivity contribution in [1.29, 1.82) is 0 Å². The number of hydrogen-bond acceptors (Lipinski definition) is 4. The van der Waals surface area contributed by atoms with Gasteiger partial charge in [0, 0.05) is 7.11 Å². The number of aliphatic hydroxyl groups is 1. The van der Waals surface area contributed by atoms with E-state index in [9.17, 15) is 4.79 Å². The van der Waals surface area contributed by atoms with Gasteiger partial charge in [0.15, 0.2) is 6.10 Å². The highest BCUT2D eigenvalue weighted by molar-refractivity contribution is 5.72. The van der Waals surface area contributed by atoms with Gasteiger partial charge >= 0.3 is 5.97 Å². The summed E-state index contributed by atoms with van der Waals surface area (Å²) >= 11 is 0. The van der Waals surface area contributed by atoms with E-state index in [1.54, 1.807) is 6.92 Å². The number of hydrogen-bond donors (Lipinski definition) is 1. The summed E-state index contributed by atoms with van der Waals surface area (Å²) in [6.07, 6.45) is -1.20. The molecule has 0 radical (unpaired) electrons. The summed E-state index contributed by atoms with van der Waals surface area (Å²) in [7, 11) is 1.50. The lowest BCUT2D eigenvalue weighted by molar-refractivity contribution is -0.146. The van der Waals surface area contributed by atoms with Crippen molar-refractivity contribution >= 4 is 5.97 Å². The van der Waals surface area contributed by atoms with Crippen LogP contribution in [0.5, 0.6) is 0 Å². The molecule has 1 aliphatic heterocycles. The van der Waals surface area contributed by atoms with E-state index in [0.29, 0.717) is 0 Å². The monoisotopic (exact) mass is 160 g/mol. The first-order chi connectivity index (χ1) is 5.15.